The molecule has 1 aromatic carbocycles. The van der Waals surface area contributed by atoms with E-state index in [2.05, 4.69) is 4.98 Å². The first-order valence-corrected chi connectivity index (χ1v) is 10.7. The minimum atomic E-state index is -3.94. The van der Waals surface area contributed by atoms with Gasteiger partial charge in [-0.3, -0.25) is 10.1 Å². The Balaban J connectivity index is 1.94. The smallest absolute Gasteiger partial charge is 0.399 e. The number of hydrogen-bond donors (Lipinski definition) is 0. The molecule has 0 saturated carbocycles. The van der Waals surface area contributed by atoms with E-state index in [9.17, 15) is 18.5 Å². The third kappa shape index (κ3) is 3.01. The second-order valence-electron chi connectivity index (χ2n) is 8.07. The lowest BCUT2D eigenvalue weighted by Crippen LogP contribution is -2.41. The van der Waals surface area contributed by atoms with Crippen molar-refractivity contribution in [2.75, 3.05) is 0 Å². The van der Waals surface area contributed by atoms with Gasteiger partial charge in [0, 0.05) is 11.6 Å². The van der Waals surface area contributed by atoms with Crippen molar-refractivity contribution in [2.45, 2.75) is 43.8 Å². The van der Waals surface area contributed by atoms with Crippen molar-refractivity contribution in [3.63, 3.8) is 0 Å². The van der Waals surface area contributed by atoms with Crippen molar-refractivity contribution in [1.29, 1.82) is 0 Å². The van der Waals surface area contributed by atoms with E-state index in [1.807, 2.05) is 27.7 Å². The van der Waals surface area contributed by atoms with Crippen LogP contribution in [0.4, 0.5) is 5.69 Å². The zero-order valence-corrected chi connectivity index (χ0v) is 17.7. The summed E-state index contributed by atoms with van der Waals surface area (Å²) in [5.74, 6) is 0. The molecule has 4 rings (SSSR count). The highest BCUT2D eigenvalue weighted by Gasteiger charge is 2.54. The van der Waals surface area contributed by atoms with Crippen molar-refractivity contribution in [3.8, 4) is 0 Å². The number of fused-ring (bicyclic) bond motifs is 1. The molecule has 0 spiro atoms. The molecule has 1 aliphatic rings. The fourth-order valence-electron chi connectivity index (χ4n) is 3.33. The second kappa shape index (κ2) is 6.63. The van der Waals surface area contributed by atoms with Crippen LogP contribution < -0.4 is 5.46 Å². The molecule has 9 nitrogen and oxygen atoms in total. The predicted octanol–water partition coefficient (Wildman–Crippen LogP) is 2.48. The summed E-state index contributed by atoms with van der Waals surface area (Å²) < 4.78 is 39.2. The molecule has 0 amide bonds. The van der Waals surface area contributed by atoms with E-state index in [0.717, 1.165) is 10.2 Å². The SMILES string of the molecule is CC1(C)OB(c2c([N+](=O)[O-])cnc3c2ccn3S(=O)(=O)c2ccccc2)OC1(C)C. The topological polar surface area (TPSA) is 114 Å². The normalized spacial score (nSPS) is 18.1. The van der Waals surface area contributed by atoms with E-state index in [0.29, 0.717) is 0 Å². The van der Waals surface area contributed by atoms with Crippen LogP contribution in [0.1, 0.15) is 27.7 Å². The van der Waals surface area contributed by atoms with Crippen LogP contribution in [0.2, 0.25) is 0 Å². The predicted molar refractivity (Wildman–Crippen MR) is 111 cm³/mol. The average molecular weight is 429 g/mol. The monoisotopic (exact) mass is 429 g/mol. The minimum Gasteiger partial charge on any atom is -0.399 e. The molecule has 3 heterocycles. The van der Waals surface area contributed by atoms with E-state index in [1.165, 1.54) is 24.4 Å². The van der Waals surface area contributed by atoms with Crippen LogP contribution in [0, 0.1) is 10.1 Å². The van der Waals surface area contributed by atoms with Gasteiger partial charge < -0.3 is 9.31 Å². The molecule has 3 aromatic rings. The van der Waals surface area contributed by atoms with Crippen molar-refractivity contribution in [2.24, 2.45) is 0 Å². The van der Waals surface area contributed by atoms with E-state index < -0.39 is 33.3 Å². The first-order chi connectivity index (χ1) is 14.0. The lowest BCUT2D eigenvalue weighted by Gasteiger charge is -2.32. The summed E-state index contributed by atoms with van der Waals surface area (Å²) in [5.41, 5.74) is -1.53. The molecular formula is C19H20BN3O6S. The molecule has 0 radical (unpaired) electrons. The van der Waals surface area contributed by atoms with Gasteiger partial charge in [-0.1, -0.05) is 18.2 Å². The molecule has 0 unspecified atom stereocenters. The Morgan fingerprint density at radius 3 is 2.23 bits per heavy atom. The summed E-state index contributed by atoms with van der Waals surface area (Å²) in [6.45, 7) is 7.34. The maximum absolute atomic E-state index is 13.1. The van der Waals surface area contributed by atoms with Gasteiger partial charge in [-0.05, 0) is 45.9 Å². The van der Waals surface area contributed by atoms with Gasteiger partial charge in [0.15, 0.2) is 5.65 Å². The number of aromatic nitrogens is 2. The van der Waals surface area contributed by atoms with E-state index >= 15 is 0 Å². The third-order valence-corrected chi connectivity index (χ3v) is 7.37. The zero-order chi connectivity index (χ0) is 21.9. The second-order valence-corrected chi connectivity index (χ2v) is 9.88. The Morgan fingerprint density at radius 2 is 1.67 bits per heavy atom. The summed E-state index contributed by atoms with van der Waals surface area (Å²) >= 11 is 0. The molecule has 1 aliphatic heterocycles. The van der Waals surface area contributed by atoms with Gasteiger partial charge in [0.05, 0.1) is 26.5 Å². The number of nitrogens with zero attached hydrogens (tertiary/aromatic N) is 3. The molecule has 0 N–H and O–H groups in total. The Hall–Kier alpha value is -2.76. The van der Waals surface area contributed by atoms with Crippen molar-refractivity contribution >= 4 is 39.3 Å². The highest BCUT2D eigenvalue weighted by molar-refractivity contribution is 7.90. The van der Waals surface area contributed by atoms with Crippen molar-refractivity contribution in [3.05, 3.63) is 58.9 Å². The molecule has 0 aliphatic carbocycles. The van der Waals surface area contributed by atoms with Crippen LogP contribution in [0.3, 0.4) is 0 Å². The van der Waals surface area contributed by atoms with Crippen molar-refractivity contribution in [1.82, 2.24) is 8.96 Å². The van der Waals surface area contributed by atoms with E-state index in [-0.39, 0.29) is 27.1 Å². The number of benzene rings is 1. The minimum absolute atomic E-state index is 0.0640. The third-order valence-electron chi connectivity index (χ3n) is 5.69. The lowest BCUT2D eigenvalue weighted by molar-refractivity contribution is -0.383. The molecule has 1 saturated heterocycles. The van der Waals surface area contributed by atoms with Gasteiger partial charge in [0.2, 0.25) is 0 Å². The molecule has 0 bridgehead atoms. The highest BCUT2D eigenvalue weighted by Crippen LogP contribution is 2.38. The number of pyridine rings is 1. The Kier molecular flexibility index (Phi) is 4.53. The molecule has 1 fully saturated rings. The van der Waals surface area contributed by atoms with Crippen molar-refractivity contribution < 1.29 is 22.6 Å². The summed E-state index contributed by atoms with van der Waals surface area (Å²) in [6.07, 6.45) is 2.37. The van der Waals surface area contributed by atoms with Crippen LogP contribution in [0.5, 0.6) is 0 Å². The molecule has 30 heavy (non-hydrogen) atoms. The summed E-state index contributed by atoms with van der Waals surface area (Å²) in [7, 11) is -4.98. The zero-order valence-electron chi connectivity index (χ0n) is 16.9. The van der Waals surface area contributed by atoms with Crippen LogP contribution in [-0.2, 0) is 19.3 Å². The van der Waals surface area contributed by atoms with E-state index in [4.69, 9.17) is 9.31 Å². The van der Waals surface area contributed by atoms with Crippen LogP contribution in [-0.4, -0.2) is 40.6 Å². The average Bonchev–Trinajstić information content (AvgIpc) is 3.20. The Bertz CT molecular complexity index is 1240. The quantitative estimate of drug-likeness (QED) is 0.356. The molecule has 11 heteroatoms. The van der Waals surface area contributed by atoms with Gasteiger partial charge in [0.25, 0.3) is 15.7 Å². The Morgan fingerprint density at radius 1 is 1.07 bits per heavy atom. The van der Waals surface area contributed by atoms with E-state index in [1.54, 1.807) is 18.2 Å². The molecular weight excluding hydrogens is 409 g/mol. The van der Waals surface area contributed by atoms with Crippen LogP contribution in [0.15, 0.2) is 53.7 Å². The molecule has 0 atom stereocenters. The largest absolute Gasteiger partial charge is 0.502 e. The van der Waals surface area contributed by atoms with Gasteiger partial charge in [-0.15, -0.1) is 0 Å². The summed E-state index contributed by atoms with van der Waals surface area (Å²) in [5, 5.41) is 12.0. The van der Waals surface area contributed by atoms with Gasteiger partial charge in [0.1, 0.15) is 6.20 Å². The molecule has 2 aromatic heterocycles. The number of hydrogen-bond acceptors (Lipinski definition) is 7. The maximum Gasteiger partial charge on any atom is 0.502 e. The first-order valence-electron chi connectivity index (χ1n) is 9.26. The van der Waals surface area contributed by atoms with Crippen LogP contribution >= 0.6 is 0 Å². The summed E-state index contributed by atoms with van der Waals surface area (Å²) in [4.78, 5) is 15.3. The standard InChI is InChI=1S/C19H20BN3O6S/c1-18(2)19(3,4)29-20(28-18)16-14-10-11-22(17(14)21-12-15(16)23(24)25)30(26,27)13-8-6-5-7-9-13/h5-12H,1-4H3. The van der Waals surface area contributed by atoms with Gasteiger partial charge >= 0.3 is 7.12 Å². The summed E-state index contributed by atoms with van der Waals surface area (Å²) in [6, 6.07) is 9.38. The number of rotatable bonds is 4. The highest BCUT2D eigenvalue weighted by atomic mass is 32.2. The van der Waals surface area contributed by atoms with Gasteiger partial charge in [-0.25, -0.2) is 17.4 Å². The fraction of sp³-hybridized carbons (Fsp3) is 0.316. The fourth-order valence-corrected chi connectivity index (χ4v) is 4.65. The number of nitro groups is 1. The Labute approximate surface area is 174 Å². The lowest BCUT2D eigenvalue weighted by atomic mass is 9.76. The van der Waals surface area contributed by atoms with Crippen LogP contribution in [0.25, 0.3) is 11.0 Å². The maximum atomic E-state index is 13.1. The first kappa shape index (κ1) is 20.5. The molecule has 156 valence electrons. The van der Waals surface area contributed by atoms with Gasteiger partial charge in [-0.2, -0.15) is 0 Å².